The fraction of sp³-hybridized carbons (Fsp3) is 0.400. The Morgan fingerprint density at radius 3 is 2.12 bits per heavy atom. The first kappa shape index (κ1) is 17.1. The number of rotatable bonds is 6. The molecule has 1 aliphatic rings. The first-order chi connectivity index (χ1) is 11.7. The largest absolute Gasteiger partial charge is 0.392 e. The summed E-state index contributed by atoms with van der Waals surface area (Å²) in [4.78, 5) is 2.44. The molecule has 0 aromatic heterocycles. The van der Waals surface area contributed by atoms with Crippen LogP contribution in [-0.4, -0.2) is 29.2 Å². The van der Waals surface area contributed by atoms with Crippen LogP contribution in [0.5, 0.6) is 0 Å². The molecule has 24 heavy (non-hydrogen) atoms. The molecule has 0 aliphatic carbocycles. The van der Waals surface area contributed by atoms with E-state index in [2.05, 4.69) is 17.0 Å². The van der Waals surface area contributed by atoms with Gasteiger partial charge in [0.1, 0.15) is 5.82 Å². The molecular formula is C20H24FNO2. The van der Waals surface area contributed by atoms with Gasteiger partial charge < -0.3 is 9.84 Å². The lowest BCUT2D eigenvalue weighted by Gasteiger charge is -2.32. The van der Waals surface area contributed by atoms with E-state index in [0.717, 1.165) is 43.6 Å². The maximum Gasteiger partial charge on any atom is 0.123 e. The van der Waals surface area contributed by atoms with Crippen LogP contribution in [0.25, 0.3) is 0 Å². The van der Waals surface area contributed by atoms with Crippen molar-refractivity contribution >= 4 is 0 Å². The Kier molecular flexibility index (Phi) is 5.96. The SMILES string of the molecule is OCc1ccc(CN2CCC(OCc3ccc(F)cc3)CC2)cc1. The highest BCUT2D eigenvalue weighted by atomic mass is 19.1. The molecule has 3 rings (SSSR count). The predicted octanol–water partition coefficient (Wildman–Crippen LogP) is 3.50. The molecule has 4 heteroatoms. The van der Waals surface area contributed by atoms with Gasteiger partial charge in [-0.2, -0.15) is 0 Å². The van der Waals surface area contributed by atoms with Crippen molar-refractivity contribution in [2.24, 2.45) is 0 Å². The normalized spacial score (nSPS) is 16.4. The summed E-state index contributed by atoms with van der Waals surface area (Å²) in [5.41, 5.74) is 3.24. The number of hydrogen-bond acceptors (Lipinski definition) is 3. The molecular weight excluding hydrogens is 305 g/mol. The number of ether oxygens (including phenoxy) is 1. The molecule has 0 saturated carbocycles. The third-order valence-electron chi connectivity index (χ3n) is 4.55. The van der Waals surface area contributed by atoms with Crippen molar-refractivity contribution < 1.29 is 14.2 Å². The van der Waals surface area contributed by atoms with Gasteiger partial charge in [0.05, 0.1) is 19.3 Å². The molecule has 0 radical (unpaired) electrons. The average Bonchev–Trinajstić information content (AvgIpc) is 2.63. The zero-order valence-corrected chi connectivity index (χ0v) is 13.8. The number of aliphatic hydroxyl groups is 1. The molecule has 0 spiro atoms. The zero-order valence-electron chi connectivity index (χ0n) is 13.8. The van der Waals surface area contributed by atoms with Gasteiger partial charge in [-0.3, -0.25) is 4.90 Å². The van der Waals surface area contributed by atoms with Crippen LogP contribution in [0.15, 0.2) is 48.5 Å². The van der Waals surface area contributed by atoms with Gasteiger partial charge in [0.15, 0.2) is 0 Å². The molecule has 3 nitrogen and oxygen atoms in total. The van der Waals surface area contributed by atoms with E-state index >= 15 is 0 Å². The molecule has 0 unspecified atom stereocenters. The number of aliphatic hydroxyl groups excluding tert-OH is 1. The fourth-order valence-corrected chi connectivity index (χ4v) is 3.04. The Labute approximate surface area is 142 Å². The van der Waals surface area contributed by atoms with E-state index in [4.69, 9.17) is 9.84 Å². The number of nitrogens with zero attached hydrogens (tertiary/aromatic N) is 1. The standard InChI is InChI=1S/C20H24FNO2/c21-19-7-5-18(6-8-19)15-24-20-9-11-22(12-10-20)13-16-1-3-17(14-23)4-2-16/h1-8,20,23H,9-15H2. The van der Waals surface area contributed by atoms with E-state index in [1.807, 2.05) is 12.1 Å². The minimum absolute atomic E-state index is 0.0943. The maximum atomic E-state index is 12.9. The Hall–Kier alpha value is -1.75. The van der Waals surface area contributed by atoms with Crippen LogP contribution in [0.2, 0.25) is 0 Å². The van der Waals surface area contributed by atoms with Gasteiger partial charge in [-0.05, 0) is 41.7 Å². The van der Waals surface area contributed by atoms with Crippen LogP contribution in [0, 0.1) is 5.82 Å². The minimum Gasteiger partial charge on any atom is -0.392 e. The van der Waals surface area contributed by atoms with Crippen molar-refractivity contribution in [3.8, 4) is 0 Å². The lowest BCUT2D eigenvalue weighted by atomic mass is 10.1. The summed E-state index contributed by atoms with van der Waals surface area (Å²) >= 11 is 0. The van der Waals surface area contributed by atoms with E-state index in [1.165, 1.54) is 17.7 Å². The molecule has 0 bridgehead atoms. The lowest BCUT2D eigenvalue weighted by molar-refractivity contribution is -0.00395. The van der Waals surface area contributed by atoms with Crippen LogP contribution >= 0.6 is 0 Å². The summed E-state index contributed by atoms with van der Waals surface area (Å²) in [6.07, 6.45) is 2.33. The Morgan fingerprint density at radius 1 is 0.917 bits per heavy atom. The van der Waals surface area contributed by atoms with Crippen LogP contribution in [0.4, 0.5) is 4.39 Å². The summed E-state index contributed by atoms with van der Waals surface area (Å²) in [5.74, 6) is -0.209. The highest BCUT2D eigenvalue weighted by Gasteiger charge is 2.19. The average molecular weight is 329 g/mol. The van der Waals surface area contributed by atoms with Gasteiger partial charge in [-0.25, -0.2) is 4.39 Å². The first-order valence-electron chi connectivity index (χ1n) is 8.50. The molecule has 1 N–H and O–H groups in total. The van der Waals surface area contributed by atoms with Crippen molar-refractivity contribution in [1.29, 1.82) is 0 Å². The number of hydrogen-bond donors (Lipinski definition) is 1. The van der Waals surface area contributed by atoms with Crippen molar-refractivity contribution in [3.63, 3.8) is 0 Å². The van der Waals surface area contributed by atoms with Gasteiger partial charge in [0.2, 0.25) is 0 Å². The third kappa shape index (κ3) is 4.87. The van der Waals surface area contributed by atoms with E-state index < -0.39 is 0 Å². The fourth-order valence-electron chi connectivity index (χ4n) is 3.04. The molecule has 2 aromatic carbocycles. The zero-order chi connectivity index (χ0) is 16.8. The van der Waals surface area contributed by atoms with E-state index in [1.54, 1.807) is 12.1 Å². The van der Waals surface area contributed by atoms with E-state index in [0.29, 0.717) is 6.61 Å². The molecule has 1 heterocycles. The van der Waals surface area contributed by atoms with E-state index in [9.17, 15) is 4.39 Å². The van der Waals surface area contributed by atoms with Gasteiger partial charge in [0, 0.05) is 19.6 Å². The molecule has 0 atom stereocenters. The lowest BCUT2D eigenvalue weighted by Crippen LogP contribution is -2.36. The Morgan fingerprint density at radius 2 is 1.50 bits per heavy atom. The Bertz CT molecular complexity index is 619. The minimum atomic E-state index is -0.209. The molecule has 128 valence electrons. The van der Waals surface area contributed by atoms with Crippen LogP contribution in [0.3, 0.4) is 0 Å². The van der Waals surface area contributed by atoms with Crippen molar-refractivity contribution in [2.45, 2.75) is 38.7 Å². The molecule has 2 aromatic rings. The van der Waals surface area contributed by atoms with Gasteiger partial charge in [-0.1, -0.05) is 36.4 Å². The van der Waals surface area contributed by atoms with E-state index in [-0.39, 0.29) is 18.5 Å². The van der Waals surface area contributed by atoms with Gasteiger partial charge >= 0.3 is 0 Å². The Balaban J connectivity index is 1.41. The van der Waals surface area contributed by atoms with Gasteiger partial charge in [-0.15, -0.1) is 0 Å². The van der Waals surface area contributed by atoms with Crippen molar-refractivity contribution in [3.05, 3.63) is 71.0 Å². The maximum absolute atomic E-state index is 12.9. The molecule has 1 aliphatic heterocycles. The van der Waals surface area contributed by atoms with Crippen LogP contribution in [0.1, 0.15) is 29.5 Å². The summed E-state index contributed by atoms with van der Waals surface area (Å²) < 4.78 is 18.8. The summed E-state index contributed by atoms with van der Waals surface area (Å²) in [5, 5.41) is 9.08. The smallest absolute Gasteiger partial charge is 0.123 e. The monoisotopic (exact) mass is 329 g/mol. The molecule has 1 saturated heterocycles. The first-order valence-corrected chi connectivity index (χ1v) is 8.50. The number of piperidine rings is 1. The second kappa shape index (κ2) is 8.38. The number of likely N-dealkylation sites (tertiary alicyclic amines) is 1. The summed E-state index contributed by atoms with van der Waals surface area (Å²) in [7, 11) is 0. The quantitative estimate of drug-likeness (QED) is 0.880. The number of halogens is 1. The second-order valence-electron chi connectivity index (χ2n) is 6.39. The van der Waals surface area contributed by atoms with Crippen LogP contribution in [-0.2, 0) is 24.5 Å². The van der Waals surface area contributed by atoms with Crippen molar-refractivity contribution in [1.82, 2.24) is 4.90 Å². The molecule has 1 fully saturated rings. The molecule has 0 amide bonds. The summed E-state index contributed by atoms with van der Waals surface area (Å²) in [6, 6.07) is 14.6. The second-order valence-corrected chi connectivity index (χ2v) is 6.39. The highest BCUT2D eigenvalue weighted by Crippen LogP contribution is 2.18. The highest BCUT2D eigenvalue weighted by molar-refractivity contribution is 5.22. The van der Waals surface area contributed by atoms with Crippen LogP contribution < -0.4 is 0 Å². The third-order valence-corrected chi connectivity index (χ3v) is 4.55. The number of benzene rings is 2. The van der Waals surface area contributed by atoms with Gasteiger partial charge in [0.25, 0.3) is 0 Å². The van der Waals surface area contributed by atoms with Crippen molar-refractivity contribution in [2.75, 3.05) is 13.1 Å². The topological polar surface area (TPSA) is 32.7 Å². The predicted molar refractivity (Wildman–Crippen MR) is 91.9 cm³/mol. The summed E-state index contributed by atoms with van der Waals surface area (Å²) in [6.45, 7) is 3.63.